The number of imide groups is 1. The third-order valence-electron chi connectivity index (χ3n) is 3.30. The second-order valence-electron chi connectivity index (χ2n) is 4.68. The first kappa shape index (κ1) is 14.0. The first-order chi connectivity index (χ1) is 10.7. The Kier molecular flexibility index (Phi) is 3.70. The normalized spacial score (nSPS) is 13.8. The molecule has 0 bridgehead atoms. The van der Waals surface area contributed by atoms with E-state index in [2.05, 4.69) is 5.10 Å². The molecule has 1 aliphatic heterocycles. The monoisotopic (exact) mass is 294 g/mol. The van der Waals surface area contributed by atoms with Crippen molar-refractivity contribution < 1.29 is 14.3 Å². The lowest BCUT2D eigenvalue weighted by atomic mass is 10.1. The highest BCUT2D eigenvalue weighted by Gasteiger charge is 2.35. The van der Waals surface area contributed by atoms with E-state index in [9.17, 15) is 9.59 Å². The number of para-hydroxylation sites is 1. The van der Waals surface area contributed by atoms with Crippen LogP contribution in [-0.2, 0) is 0 Å². The zero-order valence-corrected chi connectivity index (χ0v) is 12.0. The molecule has 2 amide bonds. The number of hydrogen-bond acceptors (Lipinski definition) is 4. The van der Waals surface area contributed by atoms with E-state index in [1.807, 2.05) is 31.2 Å². The fraction of sp³-hybridized carbons (Fsp3) is 0.118. The van der Waals surface area contributed by atoms with E-state index < -0.39 is 11.8 Å². The smallest absolute Gasteiger partial charge is 0.282 e. The Bertz CT molecular complexity index is 733. The number of amides is 2. The van der Waals surface area contributed by atoms with Crippen molar-refractivity contribution in [1.29, 1.82) is 0 Å². The van der Waals surface area contributed by atoms with Gasteiger partial charge >= 0.3 is 0 Å². The van der Waals surface area contributed by atoms with Crippen LogP contribution in [0.2, 0.25) is 0 Å². The molecule has 2 aromatic rings. The summed E-state index contributed by atoms with van der Waals surface area (Å²) in [6, 6.07) is 14.0. The van der Waals surface area contributed by atoms with E-state index in [1.165, 1.54) is 6.21 Å². The molecule has 0 radical (unpaired) electrons. The van der Waals surface area contributed by atoms with Crippen molar-refractivity contribution in [2.24, 2.45) is 5.10 Å². The maximum absolute atomic E-state index is 12.2. The number of carbonyl (C=O) groups is 2. The number of ether oxygens (including phenoxy) is 1. The first-order valence-corrected chi connectivity index (χ1v) is 6.96. The minimum atomic E-state index is -0.411. The van der Waals surface area contributed by atoms with E-state index >= 15 is 0 Å². The van der Waals surface area contributed by atoms with Crippen molar-refractivity contribution in [1.82, 2.24) is 5.01 Å². The van der Waals surface area contributed by atoms with Gasteiger partial charge in [0.1, 0.15) is 5.75 Å². The van der Waals surface area contributed by atoms with Crippen molar-refractivity contribution in [3.05, 3.63) is 65.2 Å². The molecule has 0 atom stereocenters. The molecule has 0 N–H and O–H groups in total. The number of hydrazone groups is 1. The average molecular weight is 294 g/mol. The van der Waals surface area contributed by atoms with Gasteiger partial charge in [-0.3, -0.25) is 9.59 Å². The number of rotatable bonds is 4. The molecule has 5 nitrogen and oxygen atoms in total. The molecule has 0 saturated heterocycles. The highest BCUT2D eigenvalue weighted by atomic mass is 16.5. The van der Waals surface area contributed by atoms with Crippen molar-refractivity contribution in [3.63, 3.8) is 0 Å². The third-order valence-corrected chi connectivity index (χ3v) is 3.30. The van der Waals surface area contributed by atoms with Crippen LogP contribution in [0, 0.1) is 0 Å². The zero-order chi connectivity index (χ0) is 15.5. The fourth-order valence-electron chi connectivity index (χ4n) is 2.28. The summed E-state index contributed by atoms with van der Waals surface area (Å²) in [6.07, 6.45) is 1.46. The van der Waals surface area contributed by atoms with Crippen LogP contribution in [0.4, 0.5) is 0 Å². The molecule has 0 aliphatic carbocycles. The molecule has 1 heterocycles. The lowest BCUT2D eigenvalue weighted by Crippen LogP contribution is -2.24. The fourth-order valence-corrected chi connectivity index (χ4v) is 2.28. The Morgan fingerprint density at radius 1 is 1.00 bits per heavy atom. The van der Waals surface area contributed by atoms with Gasteiger partial charge in [-0.1, -0.05) is 24.3 Å². The van der Waals surface area contributed by atoms with Gasteiger partial charge in [0.15, 0.2) is 0 Å². The van der Waals surface area contributed by atoms with Crippen LogP contribution >= 0.6 is 0 Å². The summed E-state index contributed by atoms with van der Waals surface area (Å²) >= 11 is 0. The lowest BCUT2D eigenvalue weighted by molar-refractivity contribution is 0.0660. The molecule has 5 heteroatoms. The minimum Gasteiger partial charge on any atom is -0.493 e. The third kappa shape index (κ3) is 2.37. The van der Waals surface area contributed by atoms with E-state index in [4.69, 9.17) is 4.74 Å². The van der Waals surface area contributed by atoms with Crippen molar-refractivity contribution in [2.45, 2.75) is 6.92 Å². The number of benzene rings is 2. The van der Waals surface area contributed by atoms with Crippen molar-refractivity contribution in [2.75, 3.05) is 6.61 Å². The molecule has 0 spiro atoms. The highest BCUT2D eigenvalue weighted by molar-refractivity contribution is 6.21. The van der Waals surface area contributed by atoms with Crippen LogP contribution in [0.15, 0.2) is 53.6 Å². The maximum atomic E-state index is 12.2. The standard InChI is InChI=1S/C17H14N2O3/c1-2-22-15-10-6-3-7-12(15)11-18-19-16(20)13-8-4-5-9-14(13)17(19)21/h3-11H,2H2,1H3. The largest absolute Gasteiger partial charge is 0.493 e. The van der Waals surface area contributed by atoms with Gasteiger partial charge < -0.3 is 4.74 Å². The van der Waals surface area contributed by atoms with Gasteiger partial charge in [-0.15, -0.1) is 0 Å². The van der Waals surface area contributed by atoms with Crippen LogP contribution in [0.1, 0.15) is 33.2 Å². The molecule has 3 rings (SSSR count). The van der Waals surface area contributed by atoms with E-state index in [0.29, 0.717) is 29.0 Å². The summed E-state index contributed by atoms with van der Waals surface area (Å²) in [5, 5.41) is 4.92. The zero-order valence-electron chi connectivity index (χ0n) is 12.0. The van der Waals surface area contributed by atoms with Crippen LogP contribution < -0.4 is 4.74 Å². The summed E-state index contributed by atoms with van der Waals surface area (Å²) in [6.45, 7) is 2.41. The molecule has 22 heavy (non-hydrogen) atoms. The Morgan fingerprint density at radius 3 is 2.23 bits per heavy atom. The predicted octanol–water partition coefficient (Wildman–Crippen LogP) is 2.72. The van der Waals surface area contributed by atoms with Gasteiger partial charge in [-0.2, -0.15) is 10.1 Å². The number of fused-ring (bicyclic) bond motifs is 1. The number of carbonyl (C=O) groups excluding carboxylic acids is 2. The Hall–Kier alpha value is -2.95. The van der Waals surface area contributed by atoms with Gasteiger partial charge in [0.2, 0.25) is 0 Å². The van der Waals surface area contributed by atoms with E-state index in [1.54, 1.807) is 24.3 Å². The summed E-state index contributed by atoms with van der Waals surface area (Å²) < 4.78 is 5.49. The minimum absolute atomic E-state index is 0.378. The Labute approximate surface area is 127 Å². The quantitative estimate of drug-likeness (QED) is 0.643. The molecular formula is C17H14N2O3. The molecule has 110 valence electrons. The Morgan fingerprint density at radius 2 is 1.59 bits per heavy atom. The van der Waals surface area contributed by atoms with E-state index in [-0.39, 0.29) is 0 Å². The molecule has 1 aliphatic rings. The van der Waals surface area contributed by atoms with Gasteiger partial charge in [0.25, 0.3) is 11.8 Å². The Balaban J connectivity index is 1.89. The molecule has 0 unspecified atom stereocenters. The SMILES string of the molecule is CCOc1ccccc1C=NN1C(=O)c2ccccc2C1=O. The van der Waals surface area contributed by atoms with Crippen molar-refractivity contribution >= 4 is 18.0 Å². The molecule has 0 fully saturated rings. The van der Waals surface area contributed by atoms with Crippen LogP contribution in [-0.4, -0.2) is 29.6 Å². The number of hydrogen-bond donors (Lipinski definition) is 0. The lowest BCUT2D eigenvalue weighted by Gasteiger charge is -2.08. The molecular weight excluding hydrogens is 280 g/mol. The second kappa shape index (κ2) is 5.81. The van der Waals surface area contributed by atoms with E-state index in [0.717, 1.165) is 5.01 Å². The summed E-state index contributed by atoms with van der Waals surface area (Å²) in [7, 11) is 0. The van der Waals surface area contributed by atoms with Gasteiger partial charge in [0.05, 0.1) is 23.9 Å². The first-order valence-electron chi connectivity index (χ1n) is 6.96. The van der Waals surface area contributed by atoms with Crippen LogP contribution in [0.25, 0.3) is 0 Å². The van der Waals surface area contributed by atoms with Gasteiger partial charge in [-0.05, 0) is 31.2 Å². The molecule has 2 aromatic carbocycles. The maximum Gasteiger partial charge on any atom is 0.282 e. The summed E-state index contributed by atoms with van der Waals surface area (Å²) in [4.78, 5) is 24.4. The van der Waals surface area contributed by atoms with Crippen LogP contribution in [0.5, 0.6) is 5.75 Å². The summed E-state index contributed by atoms with van der Waals surface area (Å²) in [5.41, 5.74) is 1.46. The number of nitrogens with zero attached hydrogens (tertiary/aromatic N) is 2. The van der Waals surface area contributed by atoms with Gasteiger partial charge in [-0.25, -0.2) is 0 Å². The predicted molar refractivity (Wildman–Crippen MR) is 82.1 cm³/mol. The highest BCUT2D eigenvalue weighted by Crippen LogP contribution is 2.23. The van der Waals surface area contributed by atoms with Gasteiger partial charge in [0, 0.05) is 5.56 Å². The second-order valence-corrected chi connectivity index (χ2v) is 4.68. The van der Waals surface area contributed by atoms with Crippen molar-refractivity contribution in [3.8, 4) is 5.75 Å². The topological polar surface area (TPSA) is 59.0 Å². The molecule has 0 aromatic heterocycles. The average Bonchev–Trinajstić information content (AvgIpc) is 2.79. The van der Waals surface area contributed by atoms with Crippen LogP contribution in [0.3, 0.4) is 0 Å². The molecule has 0 saturated carbocycles. The summed E-state index contributed by atoms with van der Waals surface area (Å²) in [5.74, 6) is -0.165.